The average molecular weight is 1740 g/mol. The number of nitrogens with zero attached hydrogens (tertiary/aromatic N) is 17. The molecule has 36 heteroatoms. The van der Waals surface area contributed by atoms with E-state index < -0.39 is 66.7 Å². The molecule has 12 rings (SSSR count). The summed E-state index contributed by atoms with van der Waals surface area (Å²) in [6.45, 7) is 31.3. The van der Waals surface area contributed by atoms with Gasteiger partial charge in [-0.05, 0) is 130 Å². The lowest BCUT2D eigenvalue weighted by atomic mass is 10.1. The van der Waals surface area contributed by atoms with Crippen LogP contribution >= 0.6 is 22.6 Å². The fourth-order valence-corrected chi connectivity index (χ4v) is 13.7. The monoisotopic (exact) mass is 1740 g/mol. The number of halogens is 1. The normalized spacial score (nSPS) is 13.8. The largest absolute Gasteiger partial charge is 0.443 e. The number of nitrogens with two attached hydrogens (primary N) is 2. The van der Waals surface area contributed by atoms with Crippen LogP contribution in [0.15, 0.2) is 49.1 Å². The third-order valence-electron chi connectivity index (χ3n) is 18.1. The van der Waals surface area contributed by atoms with Gasteiger partial charge in [0.15, 0.2) is 0 Å². The van der Waals surface area contributed by atoms with E-state index in [1.807, 2.05) is 32.4 Å². The molecule has 0 saturated heterocycles. The molecular weight excluding hydrogens is 1640 g/mol. The summed E-state index contributed by atoms with van der Waals surface area (Å²) in [6, 6.07) is 6.80. The van der Waals surface area contributed by atoms with Gasteiger partial charge in [-0.25, -0.2) is 78.6 Å². The van der Waals surface area contributed by atoms with Crippen LogP contribution < -0.4 is 21.7 Å². The number of imide groups is 4. The highest BCUT2D eigenvalue weighted by Gasteiger charge is 2.41. The summed E-state index contributed by atoms with van der Waals surface area (Å²) in [5, 5.41) is 2.52. The fourth-order valence-electron chi connectivity index (χ4n) is 12.6. The molecule has 0 atom stereocenters. The van der Waals surface area contributed by atoms with E-state index in [2.05, 4.69) is 111 Å². The number of fused-ring (bicyclic) bond motifs is 4. The minimum absolute atomic E-state index is 0.109. The molecule has 0 fully saturated rings. The molecule has 4 aliphatic heterocycles. The number of ether oxygens (including phenoxy) is 4. The molecule has 34 nitrogen and oxygen atoms in total. The highest BCUT2D eigenvalue weighted by molar-refractivity contribution is 14.1. The number of aromatic nitrogens is 12. The van der Waals surface area contributed by atoms with E-state index >= 15 is 0 Å². The van der Waals surface area contributed by atoms with Gasteiger partial charge in [0.2, 0.25) is 35.6 Å². The molecule has 8 aromatic rings. The highest BCUT2D eigenvalue weighted by atomic mass is 127. The second-order valence-corrected chi connectivity index (χ2v) is 38.8. The Balaban J connectivity index is 0.000000180. The minimum Gasteiger partial charge on any atom is -0.443 e. The number of nitrogen functional groups attached to an aromatic ring is 2. The number of carbonyl (C=O) groups is 10. The summed E-state index contributed by atoms with van der Waals surface area (Å²) in [7, 11) is 7.30. The van der Waals surface area contributed by atoms with Crippen molar-refractivity contribution < 1.29 is 66.9 Å². The number of terminal acetylenes is 2. The van der Waals surface area contributed by atoms with Gasteiger partial charge in [-0.3, -0.25) is 39.0 Å². The third kappa shape index (κ3) is 20.6. The van der Waals surface area contributed by atoms with Crippen molar-refractivity contribution >= 4 is 114 Å². The van der Waals surface area contributed by atoms with Gasteiger partial charge < -0.3 is 48.7 Å². The molecule has 0 saturated carbocycles. The topological polar surface area (TPSA) is 411 Å². The predicted octanol–water partition coefficient (Wildman–Crippen LogP) is 10.6. The zero-order chi connectivity index (χ0) is 87.7. The molecule has 0 bridgehead atoms. The van der Waals surface area contributed by atoms with Crippen LogP contribution in [0.5, 0.6) is 0 Å². The van der Waals surface area contributed by atoms with E-state index in [-0.39, 0.29) is 73.6 Å². The Kier molecular flexibility index (Phi) is 26.2. The fraction of sp³-hybridized carbons (Fsp3) is 0.415. The second kappa shape index (κ2) is 34.7. The van der Waals surface area contributed by atoms with Crippen molar-refractivity contribution in [1.82, 2.24) is 77.7 Å². The number of amides is 10. The van der Waals surface area contributed by atoms with Gasteiger partial charge in [-0.1, -0.05) is 37.4 Å². The first-order chi connectivity index (χ1) is 54.8. The SMILES string of the molecule is C#Cc1cnc(N(C)C(C)=O)nc1-c1cc2c(n1C)CCN(C(=O)OC(C)(C)C)C2=O.C#Cc1cnc(NC(C)=O)nc1-c1cc2c(n1C)CCN(C(=O)OC(C)(C)C)C2=O.Cn1c(-c2nc(N)ncc2C#C[Si](C)(C)C)cc2c1CCN(C(=O)OC(C)(C)C)C2=O.Cn1c(-c2nc(N)ncc2I)cc2c1CCN(C(=O)OC(C)(C)C)C2=O. The van der Waals surface area contributed by atoms with Crippen molar-refractivity contribution in [2.24, 2.45) is 28.2 Å². The maximum absolute atomic E-state index is 13.1. The molecule has 0 unspecified atom stereocenters. The molecule has 10 amide bonds. The molecule has 0 aromatic carbocycles. The van der Waals surface area contributed by atoms with Crippen LogP contribution in [0.4, 0.5) is 43.0 Å². The number of rotatable bonds is 6. The lowest BCUT2D eigenvalue weighted by molar-refractivity contribution is -0.116. The summed E-state index contributed by atoms with van der Waals surface area (Å²) < 4.78 is 29.8. The van der Waals surface area contributed by atoms with Gasteiger partial charge >= 0.3 is 24.4 Å². The van der Waals surface area contributed by atoms with E-state index in [1.54, 1.807) is 141 Å². The van der Waals surface area contributed by atoms with Gasteiger partial charge in [0.1, 0.15) is 53.3 Å². The van der Waals surface area contributed by atoms with Crippen LogP contribution in [0.3, 0.4) is 0 Å². The predicted molar refractivity (Wildman–Crippen MR) is 451 cm³/mol. The van der Waals surface area contributed by atoms with Crippen molar-refractivity contribution in [2.45, 2.75) is 165 Å². The molecule has 0 spiro atoms. The van der Waals surface area contributed by atoms with Crippen LogP contribution in [0, 0.1) is 39.7 Å². The third-order valence-corrected chi connectivity index (χ3v) is 19.8. The van der Waals surface area contributed by atoms with Crippen molar-refractivity contribution in [3.05, 3.63) is 114 Å². The first kappa shape index (κ1) is 89.3. The Bertz CT molecular complexity index is 5580. The highest BCUT2D eigenvalue weighted by Crippen LogP contribution is 2.37. The molecule has 8 aromatic heterocycles. The van der Waals surface area contributed by atoms with Crippen molar-refractivity contribution in [2.75, 3.05) is 54.9 Å². The minimum atomic E-state index is -1.62. The Labute approximate surface area is 698 Å². The van der Waals surface area contributed by atoms with E-state index in [4.69, 9.17) is 43.3 Å². The van der Waals surface area contributed by atoms with E-state index in [0.29, 0.717) is 104 Å². The quantitative estimate of drug-likeness (QED) is 0.0602. The number of hydrogen-bond donors (Lipinski definition) is 3. The number of nitrogens with one attached hydrogen (secondary N) is 1. The van der Waals surface area contributed by atoms with Crippen LogP contribution in [-0.4, -0.2) is 201 Å². The first-order valence-corrected chi connectivity index (χ1v) is 42.0. The molecule has 118 heavy (non-hydrogen) atoms. The lowest BCUT2D eigenvalue weighted by Gasteiger charge is -2.28. The van der Waals surface area contributed by atoms with Crippen molar-refractivity contribution in [3.8, 4) is 81.7 Å². The Morgan fingerprint density at radius 1 is 0.475 bits per heavy atom. The van der Waals surface area contributed by atoms with E-state index in [0.717, 1.165) is 51.6 Å². The van der Waals surface area contributed by atoms with Crippen molar-refractivity contribution in [1.29, 1.82) is 0 Å². The number of anilines is 4. The standard InChI is InChI=1S/C22H25N5O4.C22H29N5O3Si.C21H23N5O4.C17H20IN5O3/c1-8-14-12-23-20(25(6)13(2)28)24-18(14)17-11-15-16(26(17)7)9-10-27(19(15)29)21(30)31-22(3,4)5;1-22(2,3)30-21(29)27-10-8-16-15(19(27)28)12-17(26(16)4)18-14(9-11-31(5,6)7)13-24-20(23)25-18;1-7-13-11-22-19(23-12(2)27)24-17(13)16-10-14-15(25(16)6)8-9-26(18(14)28)20(29)30-21(3,4)5;1-17(2,3)26-16(25)23-6-5-11-9(14(23)24)7-12(22(11)4)13-10(18)8-20-15(19)21-13/h1,11-12H,9-10H2,2-7H3;12-13H,8,10H2,1-7H3,(H2,23,24,25);1,10-11H,8-9H2,2-6H3,(H,22,23,24,27);7-8H,5-6H2,1-4H3,(H2,19,20,21). The molecular formula is C82H97IN20O14Si. The Hall–Kier alpha value is -12.6. The van der Waals surface area contributed by atoms with Gasteiger partial charge in [0.05, 0.1) is 65.3 Å². The summed E-state index contributed by atoms with van der Waals surface area (Å²) in [5.74, 6) is 6.72. The smallest absolute Gasteiger partial charge is 0.417 e. The summed E-state index contributed by atoms with van der Waals surface area (Å²) >= 11 is 2.13. The Morgan fingerprint density at radius 2 is 0.780 bits per heavy atom. The molecule has 12 heterocycles. The van der Waals surface area contributed by atoms with E-state index in [1.165, 1.54) is 31.1 Å². The van der Waals surface area contributed by atoms with Gasteiger partial charge in [-0.2, -0.15) is 0 Å². The zero-order valence-corrected chi connectivity index (χ0v) is 73.4. The molecule has 0 aliphatic carbocycles. The average Bonchev–Trinajstić information content (AvgIpc) is 1.62. The van der Waals surface area contributed by atoms with Crippen molar-refractivity contribution in [3.63, 3.8) is 0 Å². The molecule has 4 aliphatic rings. The maximum Gasteiger partial charge on any atom is 0.417 e. The lowest BCUT2D eigenvalue weighted by Crippen LogP contribution is -2.44. The van der Waals surface area contributed by atoms with Gasteiger partial charge in [0, 0.05) is 149 Å². The number of carbonyl (C=O) groups excluding carboxylic acids is 10. The van der Waals surface area contributed by atoms with Crippen LogP contribution in [0.1, 0.15) is 178 Å². The summed E-state index contributed by atoms with van der Waals surface area (Å²) in [4.78, 5) is 164. The second-order valence-electron chi connectivity index (χ2n) is 32.9. The van der Waals surface area contributed by atoms with E-state index in [9.17, 15) is 47.9 Å². The number of hydrogen-bond acceptors (Lipinski definition) is 24. The summed E-state index contributed by atoms with van der Waals surface area (Å²) in [6.07, 6.45) is 16.8. The maximum atomic E-state index is 13.1. The molecule has 620 valence electrons. The van der Waals surface area contributed by atoms with Gasteiger partial charge in [0.25, 0.3) is 23.6 Å². The summed E-state index contributed by atoms with van der Waals surface area (Å²) in [5.41, 5.74) is 23.3. The first-order valence-electron chi connectivity index (χ1n) is 37.4. The molecule has 0 radical (unpaired) electrons. The molecule has 5 N–H and O–H groups in total. The van der Waals surface area contributed by atoms with Crippen LogP contribution in [-0.2, 0) is 82.4 Å². The van der Waals surface area contributed by atoms with Gasteiger partial charge in [-0.15, -0.1) is 18.4 Å². The van der Waals surface area contributed by atoms with Crippen LogP contribution in [0.2, 0.25) is 19.6 Å². The Morgan fingerprint density at radius 3 is 1.10 bits per heavy atom. The van der Waals surface area contributed by atoms with Crippen LogP contribution in [0.25, 0.3) is 45.6 Å². The zero-order valence-electron chi connectivity index (χ0n) is 70.3.